The van der Waals surface area contributed by atoms with Crippen molar-refractivity contribution in [2.75, 3.05) is 0 Å². The first-order valence-electron chi connectivity index (χ1n) is 8.31. The van der Waals surface area contributed by atoms with Gasteiger partial charge in [-0.3, -0.25) is 4.79 Å². The van der Waals surface area contributed by atoms with Gasteiger partial charge in [-0.1, -0.05) is 11.6 Å². The van der Waals surface area contributed by atoms with E-state index in [1.54, 1.807) is 0 Å². The van der Waals surface area contributed by atoms with Crippen LogP contribution in [-0.2, 0) is 27.4 Å². The van der Waals surface area contributed by atoms with Gasteiger partial charge in [0, 0.05) is 12.1 Å². The molecule has 29 heavy (non-hydrogen) atoms. The van der Waals surface area contributed by atoms with Crippen LogP contribution in [0, 0.1) is 0 Å². The number of aliphatic carboxylic acids is 1. The summed E-state index contributed by atoms with van der Waals surface area (Å²) in [6.45, 7) is 0. The zero-order valence-corrected chi connectivity index (χ0v) is 16.2. The summed E-state index contributed by atoms with van der Waals surface area (Å²) in [7, 11) is -4.26. The van der Waals surface area contributed by atoms with Crippen LogP contribution in [0.4, 0.5) is 13.2 Å². The first-order chi connectivity index (χ1) is 13.5. The molecule has 1 N–H and O–H groups in total. The summed E-state index contributed by atoms with van der Waals surface area (Å²) < 4.78 is 65.7. The number of hydrogen-bond donors (Lipinski definition) is 1. The van der Waals surface area contributed by atoms with E-state index in [1.165, 1.54) is 18.2 Å². The lowest BCUT2D eigenvalue weighted by atomic mass is 10.2. The second-order valence-electron chi connectivity index (χ2n) is 6.21. The van der Waals surface area contributed by atoms with E-state index in [9.17, 15) is 26.4 Å². The highest BCUT2D eigenvalue weighted by atomic mass is 35.5. The number of aryl methyl sites for hydroxylation is 1. The summed E-state index contributed by atoms with van der Waals surface area (Å²) in [5.41, 5.74) is -0.238. The minimum atomic E-state index is -4.59. The van der Waals surface area contributed by atoms with E-state index in [4.69, 9.17) is 16.7 Å². The fourth-order valence-electron chi connectivity index (χ4n) is 2.89. The summed E-state index contributed by atoms with van der Waals surface area (Å²) in [6, 6.07) is 7.46. The Bertz CT molecular complexity index is 1170. The molecule has 154 valence electrons. The topological polar surface area (TPSA) is 89.3 Å². The molecule has 0 atom stereocenters. The minimum Gasteiger partial charge on any atom is -0.481 e. The molecule has 0 saturated carbocycles. The Morgan fingerprint density at radius 1 is 1.14 bits per heavy atom. The number of nitrogens with zero attached hydrogens (tertiary/aromatic N) is 2. The quantitative estimate of drug-likeness (QED) is 0.568. The van der Waals surface area contributed by atoms with Crippen LogP contribution in [-0.4, -0.2) is 28.5 Å². The van der Waals surface area contributed by atoms with Crippen LogP contribution < -0.4 is 0 Å². The molecular formula is C18H14ClF3N2O4S. The molecule has 11 heteroatoms. The Balaban J connectivity index is 2.11. The first-order valence-corrected chi connectivity index (χ1v) is 10.1. The van der Waals surface area contributed by atoms with E-state index in [0.29, 0.717) is 12.1 Å². The third-order valence-corrected chi connectivity index (χ3v) is 6.19. The Morgan fingerprint density at radius 3 is 2.38 bits per heavy atom. The molecule has 0 aliphatic heterocycles. The molecule has 3 aromatic rings. The summed E-state index contributed by atoms with van der Waals surface area (Å²) >= 11 is 5.86. The predicted octanol–water partition coefficient (Wildman–Crippen LogP) is 4.35. The van der Waals surface area contributed by atoms with Crippen molar-refractivity contribution < 1.29 is 31.5 Å². The zero-order valence-electron chi connectivity index (χ0n) is 14.6. The van der Waals surface area contributed by atoms with Crippen molar-refractivity contribution in [3.05, 3.63) is 58.9 Å². The van der Waals surface area contributed by atoms with Crippen LogP contribution in [0.3, 0.4) is 0 Å². The van der Waals surface area contributed by atoms with Crippen molar-refractivity contribution in [2.45, 2.75) is 30.3 Å². The van der Waals surface area contributed by atoms with Gasteiger partial charge >= 0.3 is 12.1 Å². The lowest BCUT2D eigenvalue weighted by molar-refractivity contribution is -0.138. The number of alkyl halides is 3. The lowest BCUT2D eigenvalue weighted by Crippen LogP contribution is -2.16. The van der Waals surface area contributed by atoms with Gasteiger partial charge in [-0.25, -0.2) is 17.4 Å². The molecule has 0 saturated heterocycles. The summed E-state index contributed by atoms with van der Waals surface area (Å²) in [5.74, 6) is -1.03. The summed E-state index contributed by atoms with van der Waals surface area (Å²) in [5, 5.41) is 8.96. The Morgan fingerprint density at radius 2 is 1.79 bits per heavy atom. The van der Waals surface area contributed by atoms with Gasteiger partial charge in [0.25, 0.3) is 10.0 Å². The summed E-state index contributed by atoms with van der Waals surface area (Å²) in [6.07, 6.45) is -4.48. The third kappa shape index (κ3) is 4.38. The first kappa shape index (κ1) is 21.1. The normalized spacial score (nSPS) is 12.4. The molecule has 0 spiro atoms. The third-order valence-electron chi connectivity index (χ3n) is 4.19. The average molecular weight is 447 g/mol. The molecule has 6 nitrogen and oxygen atoms in total. The molecule has 0 unspecified atom stereocenters. The molecule has 0 aliphatic carbocycles. The fraction of sp³-hybridized carbons (Fsp3) is 0.222. The highest BCUT2D eigenvalue weighted by Crippen LogP contribution is 2.31. The SMILES string of the molecule is O=C(O)CCCc1cc2nc(Cl)ccc2n1S(=O)(=O)c1ccc(C(F)(F)F)cc1. The highest BCUT2D eigenvalue weighted by Gasteiger charge is 2.31. The number of halogens is 4. The molecule has 1 aromatic carbocycles. The minimum absolute atomic E-state index is 0.111. The second-order valence-corrected chi connectivity index (χ2v) is 8.39. The maximum Gasteiger partial charge on any atom is 0.416 e. The van der Waals surface area contributed by atoms with E-state index in [2.05, 4.69) is 4.98 Å². The van der Waals surface area contributed by atoms with Gasteiger partial charge in [-0.15, -0.1) is 0 Å². The number of carboxylic acid groups (broad SMARTS) is 1. The van der Waals surface area contributed by atoms with Crippen LogP contribution in [0.2, 0.25) is 5.15 Å². The van der Waals surface area contributed by atoms with Gasteiger partial charge in [0.15, 0.2) is 0 Å². The maximum atomic E-state index is 13.2. The van der Waals surface area contributed by atoms with E-state index in [0.717, 1.165) is 16.1 Å². The van der Waals surface area contributed by atoms with Crippen LogP contribution in [0.1, 0.15) is 24.1 Å². The largest absolute Gasteiger partial charge is 0.481 e. The molecule has 2 aromatic heterocycles. The van der Waals surface area contributed by atoms with Crippen molar-refractivity contribution in [3.8, 4) is 0 Å². The molecule has 0 bridgehead atoms. The molecular weight excluding hydrogens is 433 g/mol. The van der Waals surface area contributed by atoms with Crippen LogP contribution in [0.5, 0.6) is 0 Å². The molecule has 0 aliphatic rings. The van der Waals surface area contributed by atoms with Gasteiger partial charge in [-0.2, -0.15) is 13.2 Å². The number of fused-ring (bicyclic) bond motifs is 1. The molecule has 2 heterocycles. The number of carbonyl (C=O) groups is 1. The molecule has 0 amide bonds. The number of benzene rings is 1. The Kier molecular flexibility index (Phi) is 5.59. The van der Waals surface area contributed by atoms with E-state index >= 15 is 0 Å². The van der Waals surface area contributed by atoms with Gasteiger partial charge in [0.05, 0.1) is 21.5 Å². The van der Waals surface area contributed by atoms with Gasteiger partial charge in [0.2, 0.25) is 0 Å². The van der Waals surface area contributed by atoms with Gasteiger partial charge in [0.1, 0.15) is 5.15 Å². The Hall–Kier alpha value is -2.59. The molecule has 3 rings (SSSR count). The molecule has 0 radical (unpaired) electrons. The second kappa shape index (κ2) is 7.68. The Labute approximate surface area is 168 Å². The maximum absolute atomic E-state index is 13.2. The highest BCUT2D eigenvalue weighted by molar-refractivity contribution is 7.90. The average Bonchev–Trinajstić information content (AvgIpc) is 2.98. The van der Waals surface area contributed by atoms with Gasteiger partial charge in [-0.05, 0) is 55.3 Å². The standard InChI is InChI=1S/C18H14ClF3N2O4S/c19-16-9-8-15-14(23-16)10-12(2-1-3-17(25)26)24(15)29(27,28)13-6-4-11(5-7-13)18(20,21)22/h4-10H,1-3H2,(H,25,26). The summed E-state index contributed by atoms with van der Waals surface area (Å²) in [4.78, 5) is 14.5. The van der Waals surface area contributed by atoms with Crippen molar-refractivity contribution in [2.24, 2.45) is 0 Å². The van der Waals surface area contributed by atoms with Crippen molar-refractivity contribution >= 4 is 38.6 Å². The van der Waals surface area contributed by atoms with Crippen LogP contribution in [0.25, 0.3) is 11.0 Å². The molecule has 0 fully saturated rings. The number of pyridine rings is 1. The van der Waals surface area contributed by atoms with E-state index < -0.39 is 27.7 Å². The lowest BCUT2D eigenvalue weighted by Gasteiger charge is -2.13. The van der Waals surface area contributed by atoms with E-state index in [-0.39, 0.29) is 46.0 Å². The number of aromatic nitrogens is 2. The fourth-order valence-corrected chi connectivity index (χ4v) is 4.60. The van der Waals surface area contributed by atoms with Crippen LogP contribution >= 0.6 is 11.6 Å². The number of rotatable bonds is 6. The van der Waals surface area contributed by atoms with Crippen LogP contribution in [0.15, 0.2) is 47.4 Å². The zero-order chi connectivity index (χ0) is 21.4. The monoisotopic (exact) mass is 446 g/mol. The smallest absolute Gasteiger partial charge is 0.416 e. The predicted molar refractivity (Wildman–Crippen MR) is 99.3 cm³/mol. The number of hydrogen-bond acceptors (Lipinski definition) is 4. The van der Waals surface area contributed by atoms with Crippen molar-refractivity contribution in [3.63, 3.8) is 0 Å². The van der Waals surface area contributed by atoms with Gasteiger partial charge < -0.3 is 5.11 Å². The van der Waals surface area contributed by atoms with Crippen molar-refractivity contribution in [1.29, 1.82) is 0 Å². The van der Waals surface area contributed by atoms with E-state index in [1.807, 2.05) is 0 Å². The van der Waals surface area contributed by atoms with Crippen molar-refractivity contribution in [1.82, 2.24) is 8.96 Å². The number of carboxylic acids is 1.